The van der Waals surface area contributed by atoms with Gasteiger partial charge in [-0.25, -0.2) is 4.98 Å². The topological polar surface area (TPSA) is 125 Å². The Bertz CT molecular complexity index is 1060. The quantitative estimate of drug-likeness (QED) is 0.462. The Morgan fingerprint density at radius 2 is 1.89 bits per heavy atom. The lowest BCUT2D eigenvalue weighted by atomic mass is 9.72. The number of rotatable bonds is 9. The predicted octanol–water partition coefficient (Wildman–Crippen LogP) is 1.03. The third-order valence-electron chi connectivity index (χ3n) is 7.48. The molecule has 3 N–H and O–H groups in total. The van der Waals surface area contributed by atoms with Crippen LogP contribution in [0.3, 0.4) is 0 Å². The summed E-state index contributed by atoms with van der Waals surface area (Å²) in [5.41, 5.74) is 1.24. The maximum absolute atomic E-state index is 12.6. The molecule has 196 valence electrons. The molecule has 4 atom stereocenters. The van der Waals surface area contributed by atoms with E-state index in [0.29, 0.717) is 37.0 Å². The van der Waals surface area contributed by atoms with Gasteiger partial charge < -0.3 is 39.3 Å². The molecule has 0 bridgehead atoms. The number of methoxy groups -OCH3 is 2. The van der Waals surface area contributed by atoms with Crippen molar-refractivity contribution in [2.45, 2.75) is 38.1 Å². The summed E-state index contributed by atoms with van der Waals surface area (Å²) >= 11 is 0. The van der Waals surface area contributed by atoms with Crippen LogP contribution in [0.2, 0.25) is 0 Å². The first-order valence-electron chi connectivity index (χ1n) is 12.1. The lowest BCUT2D eigenvalue weighted by Crippen LogP contribution is -2.54. The molecule has 2 fully saturated rings. The molecular weight excluding hydrogens is 466 g/mol. The van der Waals surface area contributed by atoms with Gasteiger partial charge in [0.2, 0.25) is 5.88 Å². The summed E-state index contributed by atoms with van der Waals surface area (Å²) in [6.45, 7) is 4.96. The monoisotopic (exact) mass is 501 g/mol. The summed E-state index contributed by atoms with van der Waals surface area (Å²) in [5.74, 6) is 1.02. The van der Waals surface area contributed by atoms with E-state index < -0.39 is 30.1 Å². The lowest BCUT2D eigenvalue weighted by Gasteiger charge is -2.40. The SMILES string of the molecule is COc1ccc(N2CC(Oc3cc([C@@H]4CN(C(=O)C(O)CO)C[C@@]4(C)C(C)O)ccc3OC)C2)cn1. The van der Waals surface area contributed by atoms with E-state index in [4.69, 9.17) is 14.2 Å². The third-order valence-corrected chi connectivity index (χ3v) is 7.48. The van der Waals surface area contributed by atoms with Crippen molar-refractivity contribution < 1.29 is 34.3 Å². The highest BCUT2D eigenvalue weighted by Crippen LogP contribution is 2.47. The first-order chi connectivity index (χ1) is 17.2. The number of aliphatic hydroxyl groups excluding tert-OH is 3. The van der Waals surface area contributed by atoms with Crippen molar-refractivity contribution in [2.24, 2.45) is 5.41 Å². The average Bonchev–Trinajstić information content (AvgIpc) is 3.23. The van der Waals surface area contributed by atoms with E-state index in [9.17, 15) is 20.1 Å². The first kappa shape index (κ1) is 26.0. The van der Waals surface area contributed by atoms with Gasteiger partial charge in [-0.2, -0.15) is 0 Å². The highest BCUT2D eigenvalue weighted by Gasteiger charge is 2.49. The number of ether oxygens (including phenoxy) is 3. The number of aliphatic hydroxyl groups is 3. The molecule has 0 aliphatic carbocycles. The van der Waals surface area contributed by atoms with Gasteiger partial charge in [-0.15, -0.1) is 0 Å². The van der Waals surface area contributed by atoms with Crippen LogP contribution in [-0.4, -0.2) is 96.4 Å². The van der Waals surface area contributed by atoms with E-state index in [1.54, 1.807) is 27.3 Å². The second kappa shape index (κ2) is 10.5. The second-order valence-electron chi connectivity index (χ2n) is 9.77. The number of anilines is 1. The Morgan fingerprint density at radius 3 is 2.47 bits per heavy atom. The van der Waals surface area contributed by atoms with Crippen molar-refractivity contribution in [3.63, 3.8) is 0 Å². The number of carbonyl (C=O) groups excluding carboxylic acids is 1. The van der Waals surface area contributed by atoms with E-state index >= 15 is 0 Å². The standard InChI is InChI=1S/C26H35N3O7/c1-16(31)26(2)15-29(25(33)21(32)14-30)13-20(26)17-5-7-22(34-3)23(9-17)36-19-11-28(12-19)18-6-8-24(35-4)27-10-18/h5-10,16,19-21,30-32H,11-15H2,1-4H3/t16?,20-,21?,26-/m0/s1. The first-order valence-corrected chi connectivity index (χ1v) is 12.1. The Morgan fingerprint density at radius 1 is 1.14 bits per heavy atom. The minimum Gasteiger partial charge on any atom is -0.493 e. The van der Waals surface area contributed by atoms with E-state index in [1.807, 2.05) is 37.3 Å². The number of carbonyl (C=O) groups is 1. The van der Waals surface area contributed by atoms with Gasteiger partial charge in [-0.3, -0.25) is 4.79 Å². The third kappa shape index (κ3) is 4.93. The number of likely N-dealkylation sites (tertiary alicyclic amines) is 1. The zero-order valence-corrected chi connectivity index (χ0v) is 21.1. The van der Waals surface area contributed by atoms with Gasteiger partial charge in [0.05, 0.1) is 51.9 Å². The van der Waals surface area contributed by atoms with Crippen LogP contribution in [0.1, 0.15) is 25.3 Å². The van der Waals surface area contributed by atoms with Crippen molar-refractivity contribution >= 4 is 11.6 Å². The minimum atomic E-state index is -1.47. The Balaban J connectivity index is 1.50. The number of nitrogens with zero attached hydrogens (tertiary/aromatic N) is 3. The fraction of sp³-hybridized carbons (Fsp3) is 0.538. The van der Waals surface area contributed by atoms with Gasteiger partial charge >= 0.3 is 0 Å². The summed E-state index contributed by atoms with van der Waals surface area (Å²) in [6.07, 6.45) is -0.454. The molecule has 3 heterocycles. The number of aromatic nitrogens is 1. The van der Waals surface area contributed by atoms with Gasteiger partial charge in [0.1, 0.15) is 6.10 Å². The molecule has 2 aliphatic heterocycles. The van der Waals surface area contributed by atoms with Crippen molar-refractivity contribution in [3.05, 3.63) is 42.1 Å². The minimum absolute atomic E-state index is 0.0410. The molecule has 1 aromatic carbocycles. The van der Waals surface area contributed by atoms with E-state index in [2.05, 4.69) is 9.88 Å². The number of amides is 1. The Labute approximate surface area is 211 Å². The molecule has 2 saturated heterocycles. The van der Waals surface area contributed by atoms with Crippen LogP contribution >= 0.6 is 0 Å². The smallest absolute Gasteiger partial charge is 0.253 e. The summed E-state index contributed by atoms with van der Waals surface area (Å²) in [5, 5.41) is 29.7. The summed E-state index contributed by atoms with van der Waals surface area (Å²) in [6, 6.07) is 9.46. The highest BCUT2D eigenvalue weighted by atomic mass is 16.5. The van der Waals surface area contributed by atoms with E-state index in [-0.39, 0.29) is 18.6 Å². The number of hydrogen-bond donors (Lipinski definition) is 3. The molecule has 2 aliphatic rings. The molecule has 10 heteroatoms. The van der Waals surface area contributed by atoms with Crippen LogP contribution < -0.4 is 19.1 Å². The number of hydrogen-bond acceptors (Lipinski definition) is 9. The largest absolute Gasteiger partial charge is 0.493 e. The molecule has 0 spiro atoms. The Hall–Kier alpha value is -3.08. The van der Waals surface area contributed by atoms with Crippen LogP contribution in [-0.2, 0) is 4.79 Å². The van der Waals surface area contributed by atoms with Crippen LogP contribution in [0.5, 0.6) is 17.4 Å². The molecule has 1 aromatic heterocycles. The maximum atomic E-state index is 12.6. The van der Waals surface area contributed by atoms with Crippen molar-refractivity contribution in [2.75, 3.05) is 51.9 Å². The van der Waals surface area contributed by atoms with Gasteiger partial charge in [0.25, 0.3) is 5.91 Å². The van der Waals surface area contributed by atoms with Gasteiger partial charge in [0.15, 0.2) is 17.6 Å². The molecule has 0 radical (unpaired) electrons. The van der Waals surface area contributed by atoms with Crippen LogP contribution in [0.4, 0.5) is 5.69 Å². The molecule has 0 saturated carbocycles. The lowest BCUT2D eigenvalue weighted by molar-refractivity contribution is -0.141. The number of benzene rings is 1. The van der Waals surface area contributed by atoms with Crippen LogP contribution in [0.25, 0.3) is 0 Å². The predicted molar refractivity (Wildman–Crippen MR) is 133 cm³/mol. The fourth-order valence-electron chi connectivity index (χ4n) is 4.97. The molecule has 4 rings (SSSR count). The molecular formula is C26H35N3O7. The number of pyridine rings is 1. The molecule has 10 nitrogen and oxygen atoms in total. The normalized spacial score (nSPS) is 23.7. The maximum Gasteiger partial charge on any atom is 0.253 e. The van der Waals surface area contributed by atoms with Crippen molar-refractivity contribution in [1.29, 1.82) is 0 Å². The summed E-state index contributed by atoms with van der Waals surface area (Å²) < 4.78 is 17.0. The van der Waals surface area contributed by atoms with Crippen LogP contribution in [0, 0.1) is 5.41 Å². The van der Waals surface area contributed by atoms with Crippen LogP contribution in [0.15, 0.2) is 36.5 Å². The Kier molecular flexibility index (Phi) is 7.58. The van der Waals surface area contributed by atoms with Crippen molar-refractivity contribution in [1.82, 2.24) is 9.88 Å². The van der Waals surface area contributed by atoms with Gasteiger partial charge in [-0.05, 0) is 30.7 Å². The summed E-state index contributed by atoms with van der Waals surface area (Å²) in [4.78, 5) is 20.5. The highest BCUT2D eigenvalue weighted by molar-refractivity contribution is 5.81. The molecule has 2 unspecified atom stereocenters. The molecule has 36 heavy (non-hydrogen) atoms. The van der Waals surface area contributed by atoms with Gasteiger partial charge in [-0.1, -0.05) is 13.0 Å². The molecule has 1 amide bonds. The van der Waals surface area contributed by atoms with Crippen molar-refractivity contribution in [3.8, 4) is 17.4 Å². The second-order valence-corrected chi connectivity index (χ2v) is 9.77. The van der Waals surface area contributed by atoms with Gasteiger partial charge in [0, 0.05) is 30.5 Å². The van der Waals surface area contributed by atoms with E-state index in [1.165, 1.54) is 4.90 Å². The van der Waals surface area contributed by atoms with E-state index in [0.717, 1.165) is 11.3 Å². The summed E-state index contributed by atoms with van der Waals surface area (Å²) in [7, 11) is 3.17. The zero-order valence-electron chi connectivity index (χ0n) is 21.1. The molecule has 2 aromatic rings. The average molecular weight is 502 g/mol. The zero-order chi connectivity index (χ0) is 26.0. The fourth-order valence-corrected chi connectivity index (χ4v) is 4.97.